The fraction of sp³-hybridized carbons (Fsp3) is 0.0159. The van der Waals surface area contributed by atoms with Gasteiger partial charge in [0.1, 0.15) is 5.58 Å². The van der Waals surface area contributed by atoms with Crippen molar-refractivity contribution in [2.24, 2.45) is 0 Å². The molecule has 65 heavy (non-hydrogen) atoms. The second-order valence-electron chi connectivity index (χ2n) is 17.4. The quantitative estimate of drug-likeness (QED) is 0.166. The fourth-order valence-corrected chi connectivity index (χ4v) is 10.1. The number of hydrogen-bond acceptors (Lipinski definition) is 2. The third-order valence-corrected chi connectivity index (χ3v) is 13.4. The normalized spacial score (nSPS) is 11.8. The van der Waals surface area contributed by atoms with Crippen LogP contribution in [0.2, 0.25) is 0 Å². The molecule has 2 heteroatoms. The molecule has 0 unspecified atom stereocenters. The maximum atomic E-state index is 6.98. The standard InChI is InChI=1S/C63H41NO/c1-40-33-55-13-6-7-14-58(55)61-59-15-8-16-60(63(59)65-62(40)61)64(57-32-29-53-38-52(25-26-54(53)39-57)48-20-18-42-10-3-5-12-45(42)35-48)56-30-27-43(28-31-56)46-21-22-50-37-51(24-23-49(50)36-46)47-19-17-41-9-2-4-11-44(41)34-47/h2-39H,1H3. The Balaban J connectivity index is 0.909. The zero-order valence-electron chi connectivity index (χ0n) is 35.8. The number of rotatable bonds is 6. The first-order chi connectivity index (χ1) is 32.1. The van der Waals surface area contributed by atoms with E-state index in [4.69, 9.17) is 4.42 Å². The minimum Gasteiger partial charge on any atom is -0.454 e. The minimum atomic E-state index is 0.871. The number of para-hydroxylation sites is 1. The van der Waals surface area contributed by atoms with Crippen molar-refractivity contribution in [3.63, 3.8) is 0 Å². The minimum absolute atomic E-state index is 0.871. The van der Waals surface area contributed by atoms with Gasteiger partial charge in [-0.25, -0.2) is 0 Å². The average molecular weight is 828 g/mol. The molecule has 13 rings (SSSR count). The molecule has 1 aromatic heterocycles. The van der Waals surface area contributed by atoms with Crippen LogP contribution in [-0.2, 0) is 0 Å². The molecule has 0 saturated carbocycles. The number of furan rings is 1. The molecule has 0 amide bonds. The summed E-state index contributed by atoms with van der Waals surface area (Å²) in [6.07, 6.45) is 0. The van der Waals surface area contributed by atoms with Crippen LogP contribution in [0.25, 0.3) is 109 Å². The highest BCUT2D eigenvalue weighted by Crippen LogP contribution is 2.45. The number of benzene rings is 12. The van der Waals surface area contributed by atoms with Crippen LogP contribution in [0.3, 0.4) is 0 Å². The van der Waals surface area contributed by atoms with Crippen LogP contribution < -0.4 is 4.90 Å². The average Bonchev–Trinajstić information content (AvgIpc) is 3.77. The zero-order chi connectivity index (χ0) is 43.0. The van der Waals surface area contributed by atoms with Crippen molar-refractivity contribution >= 4 is 92.9 Å². The molecule has 13 aromatic rings. The van der Waals surface area contributed by atoms with Gasteiger partial charge in [-0.3, -0.25) is 0 Å². The van der Waals surface area contributed by atoms with E-state index in [0.29, 0.717) is 0 Å². The van der Waals surface area contributed by atoms with Crippen LogP contribution in [0, 0.1) is 6.92 Å². The molecule has 0 aliphatic rings. The molecule has 0 N–H and O–H groups in total. The number of hydrogen-bond donors (Lipinski definition) is 0. The van der Waals surface area contributed by atoms with E-state index in [2.05, 4.69) is 242 Å². The maximum Gasteiger partial charge on any atom is 0.159 e. The third kappa shape index (κ3) is 6.33. The van der Waals surface area contributed by atoms with Crippen molar-refractivity contribution < 1.29 is 4.42 Å². The second kappa shape index (κ2) is 14.8. The second-order valence-corrected chi connectivity index (χ2v) is 17.4. The summed E-state index contributed by atoms with van der Waals surface area (Å²) >= 11 is 0. The van der Waals surface area contributed by atoms with Crippen LogP contribution in [0.15, 0.2) is 235 Å². The van der Waals surface area contributed by atoms with Gasteiger partial charge in [-0.15, -0.1) is 0 Å². The summed E-state index contributed by atoms with van der Waals surface area (Å²) in [7, 11) is 0. The molecule has 304 valence electrons. The van der Waals surface area contributed by atoms with Crippen molar-refractivity contribution in [2.45, 2.75) is 6.92 Å². The Kier molecular flexibility index (Phi) is 8.47. The van der Waals surface area contributed by atoms with E-state index < -0.39 is 0 Å². The predicted octanol–water partition coefficient (Wildman–Crippen LogP) is 18.1. The van der Waals surface area contributed by atoms with Gasteiger partial charge in [0.15, 0.2) is 5.58 Å². The smallest absolute Gasteiger partial charge is 0.159 e. The van der Waals surface area contributed by atoms with E-state index in [1.165, 1.54) is 81.7 Å². The lowest BCUT2D eigenvalue weighted by molar-refractivity contribution is 0.666. The molecule has 0 bridgehead atoms. The van der Waals surface area contributed by atoms with Gasteiger partial charge in [0.2, 0.25) is 0 Å². The molecule has 0 aliphatic heterocycles. The highest BCUT2D eigenvalue weighted by Gasteiger charge is 2.22. The van der Waals surface area contributed by atoms with E-state index in [9.17, 15) is 0 Å². The lowest BCUT2D eigenvalue weighted by atomic mass is 9.96. The lowest BCUT2D eigenvalue weighted by Gasteiger charge is -2.26. The van der Waals surface area contributed by atoms with Crippen molar-refractivity contribution in [1.82, 2.24) is 0 Å². The van der Waals surface area contributed by atoms with Crippen LogP contribution in [-0.4, -0.2) is 0 Å². The molecule has 1 heterocycles. The van der Waals surface area contributed by atoms with Crippen LogP contribution in [0.4, 0.5) is 17.1 Å². The van der Waals surface area contributed by atoms with Crippen molar-refractivity contribution in [3.05, 3.63) is 236 Å². The van der Waals surface area contributed by atoms with Gasteiger partial charge in [-0.1, -0.05) is 164 Å². The molecule has 0 aliphatic carbocycles. The molecule has 12 aromatic carbocycles. The topological polar surface area (TPSA) is 16.4 Å². The number of nitrogens with zero attached hydrogens (tertiary/aromatic N) is 1. The van der Waals surface area contributed by atoms with Crippen LogP contribution in [0.5, 0.6) is 0 Å². The van der Waals surface area contributed by atoms with Gasteiger partial charge in [0.25, 0.3) is 0 Å². The molecule has 0 fully saturated rings. The first-order valence-electron chi connectivity index (χ1n) is 22.4. The SMILES string of the molecule is Cc1cc2ccccc2c2c1oc1c(N(c3ccc(-c4ccc5cc(-c6ccc7ccccc7c6)ccc5c4)cc3)c3ccc4cc(-c5ccc6ccccc6c5)ccc4c3)cccc12. The van der Waals surface area contributed by atoms with E-state index in [1.807, 2.05) is 0 Å². The van der Waals surface area contributed by atoms with Crippen molar-refractivity contribution in [2.75, 3.05) is 4.90 Å². The summed E-state index contributed by atoms with van der Waals surface area (Å²) in [6.45, 7) is 2.15. The first-order valence-corrected chi connectivity index (χ1v) is 22.4. The van der Waals surface area contributed by atoms with Gasteiger partial charge in [-0.05, 0) is 166 Å². The first kappa shape index (κ1) is 37.1. The number of aryl methyl sites for hydroxylation is 1. The zero-order valence-corrected chi connectivity index (χ0v) is 35.8. The summed E-state index contributed by atoms with van der Waals surface area (Å²) in [6, 6.07) is 84.2. The van der Waals surface area contributed by atoms with Gasteiger partial charge in [0, 0.05) is 22.1 Å². The van der Waals surface area contributed by atoms with E-state index in [0.717, 1.165) is 50.1 Å². The fourth-order valence-electron chi connectivity index (χ4n) is 10.1. The Hall–Kier alpha value is -8.46. The van der Waals surface area contributed by atoms with E-state index in [-0.39, 0.29) is 0 Å². The van der Waals surface area contributed by atoms with Gasteiger partial charge in [0.05, 0.1) is 5.69 Å². The highest BCUT2D eigenvalue weighted by atomic mass is 16.3. The molecular formula is C63H41NO. The molecule has 0 atom stereocenters. The molecule has 0 spiro atoms. The molecule has 2 nitrogen and oxygen atoms in total. The van der Waals surface area contributed by atoms with E-state index >= 15 is 0 Å². The monoisotopic (exact) mass is 827 g/mol. The van der Waals surface area contributed by atoms with E-state index in [1.54, 1.807) is 0 Å². The van der Waals surface area contributed by atoms with Crippen LogP contribution in [0.1, 0.15) is 5.56 Å². The Labute approximate surface area is 376 Å². The summed E-state index contributed by atoms with van der Waals surface area (Å²) in [5.74, 6) is 0. The molecule has 0 radical (unpaired) electrons. The molecule has 0 saturated heterocycles. The highest BCUT2D eigenvalue weighted by molar-refractivity contribution is 6.22. The lowest BCUT2D eigenvalue weighted by Crippen LogP contribution is -2.10. The van der Waals surface area contributed by atoms with Gasteiger partial charge in [-0.2, -0.15) is 0 Å². The Morgan fingerprint density at radius 1 is 0.292 bits per heavy atom. The van der Waals surface area contributed by atoms with Crippen molar-refractivity contribution in [1.29, 1.82) is 0 Å². The summed E-state index contributed by atoms with van der Waals surface area (Å²) in [4.78, 5) is 2.36. The van der Waals surface area contributed by atoms with Gasteiger partial charge >= 0.3 is 0 Å². The molecular weight excluding hydrogens is 787 g/mol. The van der Waals surface area contributed by atoms with Crippen molar-refractivity contribution in [3.8, 4) is 33.4 Å². The Bertz CT molecular complexity index is 4030. The summed E-state index contributed by atoms with van der Waals surface area (Å²) in [5, 5.41) is 14.5. The largest absolute Gasteiger partial charge is 0.454 e. The van der Waals surface area contributed by atoms with Crippen LogP contribution >= 0.6 is 0 Å². The van der Waals surface area contributed by atoms with Gasteiger partial charge < -0.3 is 9.32 Å². The Morgan fingerprint density at radius 2 is 0.708 bits per heavy atom. The number of anilines is 3. The summed E-state index contributed by atoms with van der Waals surface area (Å²) in [5.41, 5.74) is 13.3. The summed E-state index contributed by atoms with van der Waals surface area (Å²) < 4.78 is 6.98. The maximum absolute atomic E-state index is 6.98. The number of fused-ring (bicyclic) bond motifs is 9. The predicted molar refractivity (Wildman–Crippen MR) is 277 cm³/mol. The third-order valence-electron chi connectivity index (χ3n) is 13.4. The Morgan fingerprint density at radius 3 is 1.29 bits per heavy atom.